The van der Waals surface area contributed by atoms with Crippen LogP contribution in [-0.4, -0.2) is 33.0 Å². The van der Waals surface area contributed by atoms with Crippen LogP contribution < -0.4 is 5.32 Å². The molecule has 0 spiro atoms. The zero-order valence-electron chi connectivity index (χ0n) is 12.6. The highest BCUT2D eigenvalue weighted by molar-refractivity contribution is 6.29. The number of halogens is 1. The number of rotatable bonds is 5. The van der Waals surface area contributed by atoms with E-state index in [1.54, 1.807) is 0 Å². The van der Waals surface area contributed by atoms with Crippen molar-refractivity contribution in [3.63, 3.8) is 0 Å². The van der Waals surface area contributed by atoms with E-state index in [0.29, 0.717) is 12.1 Å². The Morgan fingerprint density at radius 2 is 2.13 bits per heavy atom. The van der Waals surface area contributed by atoms with Gasteiger partial charge in [0, 0.05) is 25.1 Å². The van der Waals surface area contributed by atoms with Crippen LogP contribution in [-0.2, 0) is 13.0 Å². The molecule has 6 heteroatoms. The van der Waals surface area contributed by atoms with E-state index in [2.05, 4.69) is 27.4 Å². The molecule has 3 rings (SSSR count). The fraction of sp³-hybridized carbons (Fsp3) is 0.353. The number of aromatic nitrogens is 2. The second-order valence-electron chi connectivity index (χ2n) is 5.72. The second-order valence-corrected chi connectivity index (χ2v) is 6.10. The standard InChI is InChI=1S/C17H18ClN3O2/c18-17-8-14(20-10-21-17)16(23)6-5-15(22)13-7-11-3-1-2-4-12(11)9-19-13/h1-4,8,10,13,15,19,22H,5-7,9H2/t13-,15+/m0/s1. The Balaban J connectivity index is 1.56. The SMILES string of the molecule is O=C(CC[C@@H](O)[C@@H]1Cc2ccccc2CN1)c1cc(Cl)ncn1. The van der Waals surface area contributed by atoms with Crippen molar-refractivity contribution >= 4 is 17.4 Å². The van der Waals surface area contributed by atoms with E-state index in [0.717, 1.165) is 13.0 Å². The van der Waals surface area contributed by atoms with Crippen LogP contribution in [0.5, 0.6) is 0 Å². The topological polar surface area (TPSA) is 75.1 Å². The predicted molar refractivity (Wildman–Crippen MR) is 87.4 cm³/mol. The molecule has 1 aliphatic heterocycles. The molecule has 23 heavy (non-hydrogen) atoms. The first-order chi connectivity index (χ1) is 11.1. The number of ketones is 1. The largest absolute Gasteiger partial charge is 0.391 e. The maximum atomic E-state index is 12.1. The third-order valence-electron chi connectivity index (χ3n) is 4.16. The van der Waals surface area contributed by atoms with Crippen LogP contribution in [0.15, 0.2) is 36.7 Å². The van der Waals surface area contributed by atoms with Crippen molar-refractivity contribution in [3.8, 4) is 0 Å². The fourth-order valence-corrected chi connectivity index (χ4v) is 2.99. The Morgan fingerprint density at radius 3 is 2.91 bits per heavy atom. The Kier molecular flexibility index (Phi) is 5.00. The van der Waals surface area contributed by atoms with Crippen molar-refractivity contribution in [2.45, 2.75) is 38.0 Å². The van der Waals surface area contributed by atoms with Gasteiger partial charge in [0.25, 0.3) is 0 Å². The molecule has 1 aromatic heterocycles. The Morgan fingerprint density at radius 1 is 1.35 bits per heavy atom. The zero-order chi connectivity index (χ0) is 16.2. The van der Waals surface area contributed by atoms with Crippen LogP contribution in [0.4, 0.5) is 0 Å². The molecule has 0 fully saturated rings. The summed E-state index contributed by atoms with van der Waals surface area (Å²) in [6.07, 6.45) is 2.08. The number of carbonyl (C=O) groups is 1. The van der Waals surface area contributed by atoms with E-state index >= 15 is 0 Å². The summed E-state index contributed by atoms with van der Waals surface area (Å²) in [4.78, 5) is 19.8. The lowest BCUT2D eigenvalue weighted by atomic mass is 9.91. The van der Waals surface area contributed by atoms with Gasteiger partial charge >= 0.3 is 0 Å². The van der Waals surface area contributed by atoms with E-state index in [9.17, 15) is 9.90 Å². The molecule has 0 saturated heterocycles. The highest BCUT2D eigenvalue weighted by Crippen LogP contribution is 2.20. The molecule has 0 amide bonds. The average Bonchev–Trinajstić information content (AvgIpc) is 2.59. The van der Waals surface area contributed by atoms with Crippen molar-refractivity contribution in [2.75, 3.05) is 0 Å². The summed E-state index contributed by atoms with van der Waals surface area (Å²) in [7, 11) is 0. The van der Waals surface area contributed by atoms with E-state index in [1.165, 1.54) is 23.5 Å². The minimum absolute atomic E-state index is 0.0355. The minimum Gasteiger partial charge on any atom is -0.391 e. The van der Waals surface area contributed by atoms with E-state index in [-0.39, 0.29) is 23.4 Å². The van der Waals surface area contributed by atoms with Gasteiger partial charge in [-0.25, -0.2) is 9.97 Å². The minimum atomic E-state index is -0.579. The number of nitrogens with one attached hydrogen (secondary N) is 1. The van der Waals surface area contributed by atoms with Crippen LogP contribution in [0.1, 0.15) is 34.5 Å². The van der Waals surface area contributed by atoms with Gasteiger partial charge in [0.15, 0.2) is 5.78 Å². The lowest BCUT2D eigenvalue weighted by molar-refractivity contribution is 0.0873. The number of nitrogens with zero attached hydrogens (tertiary/aromatic N) is 2. The van der Waals surface area contributed by atoms with Gasteiger partial charge in [-0.1, -0.05) is 35.9 Å². The van der Waals surface area contributed by atoms with Crippen LogP contribution in [0.3, 0.4) is 0 Å². The maximum Gasteiger partial charge on any atom is 0.181 e. The summed E-state index contributed by atoms with van der Waals surface area (Å²) in [5.74, 6) is -0.135. The van der Waals surface area contributed by atoms with E-state index in [4.69, 9.17) is 11.6 Å². The number of aliphatic hydroxyl groups is 1. The summed E-state index contributed by atoms with van der Waals surface area (Å²) >= 11 is 5.76. The van der Waals surface area contributed by atoms with Crippen LogP contribution in [0.25, 0.3) is 0 Å². The van der Waals surface area contributed by atoms with Gasteiger partial charge in [-0.2, -0.15) is 0 Å². The van der Waals surface area contributed by atoms with Crippen molar-refractivity contribution in [3.05, 3.63) is 58.6 Å². The van der Waals surface area contributed by atoms with Crippen LogP contribution in [0, 0.1) is 0 Å². The summed E-state index contributed by atoms with van der Waals surface area (Å²) in [6, 6.07) is 9.62. The number of benzene rings is 1. The predicted octanol–water partition coefficient (Wildman–Crippen LogP) is 2.17. The third kappa shape index (κ3) is 3.93. The fourth-order valence-electron chi connectivity index (χ4n) is 2.85. The summed E-state index contributed by atoms with van der Waals surface area (Å²) < 4.78 is 0. The summed E-state index contributed by atoms with van der Waals surface area (Å²) in [5, 5.41) is 14.0. The molecule has 2 aromatic rings. The summed E-state index contributed by atoms with van der Waals surface area (Å²) in [6.45, 7) is 0.743. The highest BCUT2D eigenvalue weighted by Gasteiger charge is 2.24. The molecule has 2 heterocycles. The lowest BCUT2D eigenvalue weighted by Crippen LogP contribution is -2.44. The highest BCUT2D eigenvalue weighted by atomic mass is 35.5. The lowest BCUT2D eigenvalue weighted by Gasteiger charge is -2.29. The van der Waals surface area contributed by atoms with E-state index in [1.807, 2.05) is 12.1 Å². The summed E-state index contributed by atoms with van der Waals surface area (Å²) in [5.41, 5.74) is 2.81. The zero-order valence-corrected chi connectivity index (χ0v) is 13.3. The molecule has 1 aliphatic rings. The molecular formula is C17H18ClN3O2. The molecule has 0 radical (unpaired) electrons. The molecule has 2 N–H and O–H groups in total. The Bertz CT molecular complexity index is 708. The Labute approximate surface area is 139 Å². The van der Waals surface area contributed by atoms with Gasteiger partial charge in [-0.3, -0.25) is 4.79 Å². The molecule has 0 unspecified atom stereocenters. The number of hydrogen-bond donors (Lipinski definition) is 2. The number of aliphatic hydroxyl groups excluding tert-OH is 1. The molecule has 0 aliphatic carbocycles. The monoisotopic (exact) mass is 331 g/mol. The molecular weight excluding hydrogens is 314 g/mol. The number of fused-ring (bicyclic) bond motifs is 1. The quantitative estimate of drug-likeness (QED) is 0.648. The molecule has 5 nitrogen and oxygen atoms in total. The van der Waals surface area contributed by atoms with Gasteiger partial charge in [0.1, 0.15) is 17.2 Å². The molecule has 0 bridgehead atoms. The smallest absolute Gasteiger partial charge is 0.181 e. The van der Waals surface area contributed by atoms with Crippen molar-refractivity contribution in [1.82, 2.24) is 15.3 Å². The van der Waals surface area contributed by atoms with Crippen LogP contribution >= 0.6 is 11.6 Å². The van der Waals surface area contributed by atoms with Gasteiger partial charge in [-0.05, 0) is 24.0 Å². The number of hydrogen-bond acceptors (Lipinski definition) is 5. The van der Waals surface area contributed by atoms with Crippen LogP contribution in [0.2, 0.25) is 5.15 Å². The van der Waals surface area contributed by atoms with Gasteiger partial charge in [-0.15, -0.1) is 0 Å². The first-order valence-electron chi connectivity index (χ1n) is 7.62. The van der Waals surface area contributed by atoms with E-state index < -0.39 is 6.10 Å². The molecule has 0 saturated carbocycles. The Hall–Kier alpha value is -1.82. The van der Waals surface area contributed by atoms with Gasteiger partial charge in [0.2, 0.25) is 0 Å². The van der Waals surface area contributed by atoms with Gasteiger partial charge in [0.05, 0.1) is 6.10 Å². The third-order valence-corrected chi connectivity index (χ3v) is 4.37. The molecule has 120 valence electrons. The second kappa shape index (κ2) is 7.17. The van der Waals surface area contributed by atoms with Gasteiger partial charge < -0.3 is 10.4 Å². The average molecular weight is 332 g/mol. The van der Waals surface area contributed by atoms with Crippen molar-refractivity contribution in [2.24, 2.45) is 0 Å². The number of Topliss-reactive ketones (excluding diaryl/α,β-unsaturated/α-hetero) is 1. The van der Waals surface area contributed by atoms with Crippen molar-refractivity contribution in [1.29, 1.82) is 0 Å². The maximum absolute atomic E-state index is 12.1. The van der Waals surface area contributed by atoms with Crippen molar-refractivity contribution < 1.29 is 9.90 Å². The first-order valence-corrected chi connectivity index (χ1v) is 8.00. The molecule has 1 aromatic carbocycles. The molecule has 2 atom stereocenters. The normalized spacial score (nSPS) is 18.3. The first kappa shape index (κ1) is 16.1. The number of carbonyl (C=O) groups excluding carboxylic acids is 1.